The Morgan fingerprint density at radius 2 is 2.06 bits per heavy atom. The fourth-order valence-corrected chi connectivity index (χ4v) is 1.41. The molecule has 1 aromatic heterocycles. The number of hydrogen-bond acceptors (Lipinski definition) is 4. The topological polar surface area (TPSA) is 78.0 Å². The predicted molar refractivity (Wildman–Crippen MR) is 59.7 cm³/mol. The molecule has 17 heavy (non-hydrogen) atoms. The van der Waals surface area contributed by atoms with E-state index < -0.39 is 4.92 Å². The molecule has 0 unspecified atom stereocenters. The number of non-ortho nitro benzene ring substituents is 1. The maximum Gasteiger partial charge on any atom is 0.269 e. The first kappa shape index (κ1) is 11.0. The molecule has 86 valence electrons. The van der Waals surface area contributed by atoms with Crippen molar-refractivity contribution < 1.29 is 9.72 Å². The van der Waals surface area contributed by atoms with E-state index in [0.29, 0.717) is 0 Å². The van der Waals surface area contributed by atoms with Gasteiger partial charge in [0.15, 0.2) is 0 Å². The lowest BCUT2D eigenvalue weighted by Crippen LogP contribution is -2.11. The van der Waals surface area contributed by atoms with Gasteiger partial charge in [-0.05, 0) is 5.56 Å². The summed E-state index contributed by atoms with van der Waals surface area (Å²) < 4.78 is 1.38. The first-order valence-electron chi connectivity index (χ1n) is 4.91. The Morgan fingerprint density at radius 1 is 1.35 bits per heavy atom. The molecule has 6 nitrogen and oxygen atoms in total. The molecule has 0 bridgehead atoms. The normalized spacial score (nSPS) is 10.1. The van der Waals surface area contributed by atoms with Crippen LogP contribution in [0.1, 0.15) is 10.4 Å². The average Bonchev–Trinajstić information content (AvgIpc) is 2.83. The van der Waals surface area contributed by atoms with Crippen LogP contribution in [0, 0.1) is 10.1 Å². The van der Waals surface area contributed by atoms with Crippen LogP contribution < -0.4 is 0 Å². The zero-order chi connectivity index (χ0) is 12.3. The fraction of sp³-hybridized carbons (Fsp3) is 0.0909. The van der Waals surface area contributed by atoms with Gasteiger partial charge in [0.25, 0.3) is 5.69 Å². The standard InChI is InChI=1S/C11H9N3O3/c15-11(13-6-5-12-8-13)7-9-1-3-10(4-2-9)14(16)17/h1-6,8H,7H2. The van der Waals surface area contributed by atoms with Gasteiger partial charge in [0.05, 0.1) is 11.3 Å². The lowest BCUT2D eigenvalue weighted by Gasteiger charge is -2.01. The number of nitro groups is 1. The Hall–Kier alpha value is -2.50. The third-order valence-electron chi connectivity index (χ3n) is 2.29. The molecule has 0 amide bonds. The van der Waals surface area contributed by atoms with Crippen LogP contribution in [0.25, 0.3) is 0 Å². The summed E-state index contributed by atoms with van der Waals surface area (Å²) in [5.41, 5.74) is 0.748. The van der Waals surface area contributed by atoms with E-state index >= 15 is 0 Å². The molecule has 0 aliphatic carbocycles. The van der Waals surface area contributed by atoms with Gasteiger partial charge in [0.1, 0.15) is 6.33 Å². The summed E-state index contributed by atoms with van der Waals surface area (Å²) in [5.74, 6) is -0.128. The van der Waals surface area contributed by atoms with Crippen molar-refractivity contribution >= 4 is 11.6 Å². The average molecular weight is 231 g/mol. The van der Waals surface area contributed by atoms with Crippen LogP contribution in [0.3, 0.4) is 0 Å². The summed E-state index contributed by atoms with van der Waals surface area (Å²) in [7, 11) is 0. The van der Waals surface area contributed by atoms with Crippen molar-refractivity contribution in [3.05, 3.63) is 58.7 Å². The van der Waals surface area contributed by atoms with Gasteiger partial charge in [0, 0.05) is 24.5 Å². The van der Waals surface area contributed by atoms with E-state index in [0.717, 1.165) is 5.56 Å². The highest BCUT2D eigenvalue weighted by Crippen LogP contribution is 2.12. The van der Waals surface area contributed by atoms with E-state index in [1.165, 1.54) is 29.2 Å². The molecule has 0 fully saturated rings. The zero-order valence-electron chi connectivity index (χ0n) is 8.81. The van der Waals surface area contributed by atoms with E-state index in [2.05, 4.69) is 4.98 Å². The Morgan fingerprint density at radius 3 is 2.59 bits per heavy atom. The first-order valence-corrected chi connectivity index (χ1v) is 4.91. The largest absolute Gasteiger partial charge is 0.276 e. The second kappa shape index (κ2) is 4.56. The molecule has 1 aromatic carbocycles. The molecule has 0 radical (unpaired) electrons. The minimum absolute atomic E-state index is 0.0174. The minimum Gasteiger partial charge on any atom is -0.276 e. The van der Waals surface area contributed by atoms with Crippen molar-refractivity contribution in [2.75, 3.05) is 0 Å². The van der Waals surface area contributed by atoms with Crippen LogP contribution in [0.5, 0.6) is 0 Å². The van der Waals surface area contributed by atoms with E-state index in [-0.39, 0.29) is 18.0 Å². The molecule has 0 atom stereocenters. The van der Waals surface area contributed by atoms with Gasteiger partial charge in [-0.3, -0.25) is 19.5 Å². The zero-order valence-corrected chi connectivity index (χ0v) is 8.81. The smallest absolute Gasteiger partial charge is 0.269 e. The number of hydrogen-bond donors (Lipinski definition) is 0. The van der Waals surface area contributed by atoms with Gasteiger partial charge in [-0.1, -0.05) is 12.1 Å². The molecular formula is C11H9N3O3. The SMILES string of the molecule is O=C(Cc1ccc([N+](=O)[O-])cc1)n1ccnc1. The van der Waals surface area contributed by atoms with Gasteiger partial charge >= 0.3 is 0 Å². The van der Waals surface area contributed by atoms with Gasteiger partial charge in [0.2, 0.25) is 5.91 Å². The predicted octanol–water partition coefficient (Wildman–Crippen LogP) is 1.67. The molecule has 0 aliphatic rings. The fourth-order valence-electron chi connectivity index (χ4n) is 1.41. The van der Waals surface area contributed by atoms with Crippen molar-refractivity contribution in [2.45, 2.75) is 6.42 Å². The second-order valence-corrected chi connectivity index (χ2v) is 3.46. The van der Waals surface area contributed by atoms with E-state index in [4.69, 9.17) is 0 Å². The minimum atomic E-state index is -0.471. The van der Waals surface area contributed by atoms with Gasteiger partial charge in [-0.15, -0.1) is 0 Å². The molecule has 1 heterocycles. The van der Waals surface area contributed by atoms with Gasteiger partial charge < -0.3 is 0 Å². The van der Waals surface area contributed by atoms with Gasteiger partial charge in [-0.2, -0.15) is 0 Å². The van der Waals surface area contributed by atoms with Crippen molar-refractivity contribution in [1.82, 2.24) is 9.55 Å². The molecule has 0 spiro atoms. The highest BCUT2D eigenvalue weighted by molar-refractivity contribution is 5.81. The third kappa shape index (κ3) is 2.54. The van der Waals surface area contributed by atoms with Crippen LogP contribution in [0.2, 0.25) is 0 Å². The lowest BCUT2D eigenvalue weighted by atomic mass is 10.1. The Balaban J connectivity index is 2.09. The molecule has 0 aliphatic heterocycles. The number of benzene rings is 1. The lowest BCUT2D eigenvalue weighted by molar-refractivity contribution is -0.384. The summed E-state index contributed by atoms with van der Waals surface area (Å²) in [6, 6.07) is 5.92. The van der Waals surface area contributed by atoms with E-state index in [9.17, 15) is 14.9 Å². The van der Waals surface area contributed by atoms with E-state index in [1.54, 1.807) is 18.3 Å². The summed E-state index contributed by atoms with van der Waals surface area (Å²) in [5, 5.41) is 10.4. The molecule has 0 saturated heterocycles. The van der Waals surface area contributed by atoms with Crippen LogP contribution >= 0.6 is 0 Å². The molecule has 6 heteroatoms. The maximum absolute atomic E-state index is 11.7. The number of nitro benzene ring substituents is 1. The quantitative estimate of drug-likeness (QED) is 0.594. The maximum atomic E-state index is 11.7. The van der Waals surface area contributed by atoms with Crippen molar-refractivity contribution in [3.8, 4) is 0 Å². The Labute approximate surface area is 96.7 Å². The van der Waals surface area contributed by atoms with Gasteiger partial charge in [-0.25, -0.2) is 4.98 Å². The third-order valence-corrected chi connectivity index (χ3v) is 2.29. The Bertz CT molecular complexity index is 532. The van der Waals surface area contributed by atoms with Crippen molar-refractivity contribution in [3.63, 3.8) is 0 Å². The number of rotatable bonds is 3. The number of carbonyl (C=O) groups excluding carboxylic acids is 1. The molecule has 2 rings (SSSR count). The first-order chi connectivity index (χ1) is 8.16. The highest BCUT2D eigenvalue weighted by Gasteiger charge is 2.08. The van der Waals surface area contributed by atoms with Crippen LogP contribution in [0.15, 0.2) is 43.0 Å². The monoisotopic (exact) mass is 231 g/mol. The molecule has 0 saturated carbocycles. The van der Waals surface area contributed by atoms with Crippen LogP contribution in [-0.2, 0) is 6.42 Å². The summed E-state index contributed by atoms with van der Waals surface area (Å²) in [6.45, 7) is 0. The molecule has 2 aromatic rings. The second-order valence-electron chi connectivity index (χ2n) is 3.46. The molecular weight excluding hydrogens is 222 g/mol. The number of aromatic nitrogens is 2. The Kier molecular flexibility index (Phi) is 2.95. The molecule has 0 N–H and O–H groups in total. The number of nitrogens with zero attached hydrogens (tertiary/aromatic N) is 3. The van der Waals surface area contributed by atoms with Crippen LogP contribution in [-0.4, -0.2) is 20.4 Å². The van der Waals surface area contributed by atoms with Crippen LogP contribution in [0.4, 0.5) is 5.69 Å². The van der Waals surface area contributed by atoms with Crippen molar-refractivity contribution in [1.29, 1.82) is 0 Å². The summed E-state index contributed by atoms with van der Waals surface area (Å²) in [6.07, 6.45) is 4.70. The summed E-state index contributed by atoms with van der Waals surface area (Å²) >= 11 is 0. The number of imidazole rings is 1. The highest BCUT2D eigenvalue weighted by atomic mass is 16.6. The van der Waals surface area contributed by atoms with Crippen molar-refractivity contribution in [2.24, 2.45) is 0 Å². The summed E-state index contributed by atoms with van der Waals surface area (Å²) in [4.78, 5) is 25.4. The van der Waals surface area contributed by atoms with E-state index in [1.807, 2.05) is 0 Å². The number of carbonyl (C=O) groups is 1.